The molecule has 0 atom stereocenters. The second-order valence-electron chi connectivity index (χ2n) is 3.90. The van der Waals surface area contributed by atoms with Crippen LogP contribution in [0, 0.1) is 13.8 Å². The van der Waals surface area contributed by atoms with Crippen molar-refractivity contribution in [3.05, 3.63) is 53.6 Å². The molecule has 86 valence electrons. The van der Waals surface area contributed by atoms with Crippen molar-refractivity contribution in [2.24, 2.45) is 0 Å². The van der Waals surface area contributed by atoms with Crippen molar-refractivity contribution in [3.8, 4) is 0 Å². The molecule has 0 aliphatic carbocycles. The van der Waals surface area contributed by atoms with Crippen LogP contribution in [0.1, 0.15) is 21.5 Å². The summed E-state index contributed by atoms with van der Waals surface area (Å²) in [4.78, 5) is 19.5. The van der Waals surface area contributed by atoms with Gasteiger partial charge in [0.2, 0.25) is 0 Å². The second kappa shape index (κ2) is 4.74. The van der Waals surface area contributed by atoms with E-state index < -0.39 is 0 Å². The molecule has 0 spiro atoms. The third-order valence-electron chi connectivity index (χ3n) is 2.46. The molecule has 2 rings (SSSR count). The Bertz CT molecular complexity index is 538. The molecule has 1 aromatic heterocycles. The van der Waals surface area contributed by atoms with Crippen molar-refractivity contribution in [2.75, 3.05) is 5.32 Å². The topological polar surface area (TPSA) is 54.9 Å². The van der Waals surface area contributed by atoms with Gasteiger partial charge in [-0.05, 0) is 31.0 Å². The van der Waals surface area contributed by atoms with E-state index in [1.165, 1.54) is 18.7 Å². The van der Waals surface area contributed by atoms with Crippen LogP contribution < -0.4 is 5.32 Å². The van der Waals surface area contributed by atoms with Gasteiger partial charge in [-0.1, -0.05) is 12.1 Å². The fourth-order valence-electron chi connectivity index (χ4n) is 1.48. The summed E-state index contributed by atoms with van der Waals surface area (Å²) in [5, 5.41) is 2.85. The summed E-state index contributed by atoms with van der Waals surface area (Å²) in [6.45, 7) is 3.94. The number of anilines is 1. The third-order valence-corrected chi connectivity index (χ3v) is 2.46. The van der Waals surface area contributed by atoms with E-state index in [1.807, 2.05) is 32.0 Å². The first-order valence-electron chi connectivity index (χ1n) is 5.30. The smallest absolute Gasteiger partial charge is 0.258 e. The highest BCUT2D eigenvalue weighted by molar-refractivity contribution is 6.04. The number of hydrogen-bond acceptors (Lipinski definition) is 3. The van der Waals surface area contributed by atoms with E-state index in [9.17, 15) is 4.79 Å². The Kier molecular flexibility index (Phi) is 3.14. The van der Waals surface area contributed by atoms with Gasteiger partial charge in [-0.2, -0.15) is 0 Å². The molecule has 1 N–H and O–H groups in total. The second-order valence-corrected chi connectivity index (χ2v) is 3.90. The van der Waals surface area contributed by atoms with Crippen molar-refractivity contribution in [1.29, 1.82) is 0 Å². The van der Waals surface area contributed by atoms with Crippen LogP contribution in [0.3, 0.4) is 0 Å². The zero-order valence-corrected chi connectivity index (χ0v) is 9.77. The number of rotatable bonds is 2. The number of benzene rings is 1. The van der Waals surface area contributed by atoms with E-state index in [4.69, 9.17) is 0 Å². The molecule has 0 aliphatic heterocycles. The lowest BCUT2D eigenvalue weighted by molar-refractivity contribution is 0.102. The zero-order chi connectivity index (χ0) is 12.3. The summed E-state index contributed by atoms with van der Waals surface area (Å²) in [5.74, 6) is -0.195. The monoisotopic (exact) mass is 227 g/mol. The Morgan fingerprint density at radius 1 is 1.18 bits per heavy atom. The van der Waals surface area contributed by atoms with E-state index in [2.05, 4.69) is 15.3 Å². The zero-order valence-electron chi connectivity index (χ0n) is 9.77. The van der Waals surface area contributed by atoms with E-state index in [0.29, 0.717) is 5.56 Å². The molecule has 0 bridgehead atoms. The average Bonchev–Trinajstić information content (AvgIpc) is 2.35. The van der Waals surface area contributed by atoms with Gasteiger partial charge in [0.25, 0.3) is 5.91 Å². The SMILES string of the molecule is Cc1ccc(C)c(NC(=O)c2cncnc2)c1. The van der Waals surface area contributed by atoms with E-state index in [1.54, 1.807) is 0 Å². The molecule has 0 aliphatic rings. The van der Waals surface area contributed by atoms with Crippen molar-refractivity contribution in [1.82, 2.24) is 9.97 Å². The summed E-state index contributed by atoms with van der Waals surface area (Å²) in [6.07, 6.45) is 4.38. The minimum absolute atomic E-state index is 0.195. The molecule has 1 amide bonds. The minimum atomic E-state index is -0.195. The average molecular weight is 227 g/mol. The lowest BCUT2D eigenvalue weighted by Crippen LogP contribution is -2.13. The maximum Gasteiger partial charge on any atom is 0.258 e. The summed E-state index contributed by atoms with van der Waals surface area (Å²) in [6, 6.07) is 5.93. The quantitative estimate of drug-likeness (QED) is 0.856. The summed E-state index contributed by atoms with van der Waals surface area (Å²) in [7, 11) is 0. The number of nitrogens with one attached hydrogen (secondary N) is 1. The fraction of sp³-hybridized carbons (Fsp3) is 0.154. The highest BCUT2D eigenvalue weighted by atomic mass is 16.1. The van der Waals surface area contributed by atoms with Crippen LogP contribution in [0.25, 0.3) is 0 Å². The van der Waals surface area contributed by atoms with Crippen LogP contribution in [0.4, 0.5) is 5.69 Å². The Balaban J connectivity index is 2.22. The largest absolute Gasteiger partial charge is 0.322 e. The predicted octanol–water partition coefficient (Wildman–Crippen LogP) is 2.35. The number of aromatic nitrogens is 2. The van der Waals surface area contributed by atoms with Gasteiger partial charge in [0.15, 0.2) is 0 Å². The normalized spacial score (nSPS) is 10.0. The van der Waals surface area contributed by atoms with Crippen molar-refractivity contribution < 1.29 is 4.79 Å². The molecule has 4 heteroatoms. The van der Waals surface area contributed by atoms with Gasteiger partial charge in [0, 0.05) is 18.1 Å². The summed E-state index contributed by atoms with van der Waals surface area (Å²) >= 11 is 0. The Morgan fingerprint density at radius 2 is 1.88 bits per heavy atom. The molecule has 1 heterocycles. The number of carbonyl (C=O) groups is 1. The molecule has 2 aromatic rings. The highest BCUT2D eigenvalue weighted by Gasteiger charge is 2.07. The molecule has 17 heavy (non-hydrogen) atoms. The molecule has 0 radical (unpaired) electrons. The van der Waals surface area contributed by atoms with Crippen molar-refractivity contribution in [2.45, 2.75) is 13.8 Å². The van der Waals surface area contributed by atoms with Crippen LogP contribution in [-0.4, -0.2) is 15.9 Å². The van der Waals surface area contributed by atoms with Gasteiger partial charge >= 0.3 is 0 Å². The third kappa shape index (κ3) is 2.66. The first-order valence-corrected chi connectivity index (χ1v) is 5.30. The molecule has 4 nitrogen and oxygen atoms in total. The molecule has 1 aromatic carbocycles. The van der Waals surface area contributed by atoms with Gasteiger partial charge in [-0.25, -0.2) is 9.97 Å². The summed E-state index contributed by atoms with van der Waals surface area (Å²) in [5.41, 5.74) is 3.41. The van der Waals surface area contributed by atoms with Gasteiger partial charge in [0.05, 0.1) is 5.56 Å². The Labute approximate surface area is 99.7 Å². The standard InChI is InChI=1S/C13H13N3O/c1-9-3-4-10(2)12(5-9)16-13(17)11-6-14-8-15-7-11/h3-8H,1-2H3,(H,16,17). The van der Waals surface area contributed by atoms with Crippen LogP contribution >= 0.6 is 0 Å². The number of carbonyl (C=O) groups excluding carboxylic acids is 1. The van der Waals surface area contributed by atoms with Crippen LogP contribution in [0.5, 0.6) is 0 Å². The number of amides is 1. The maximum absolute atomic E-state index is 11.9. The molecule has 0 saturated heterocycles. The van der Waals surface area contributed by atoms with E-state index in [-0.39, 0.29) is 5.91 Å². The first-order chi connectivity index (χ1) is 8.16. The first kappa shape index (κ1) is 11.3. The number of hydrogen-bond donors (Lipinski definition) is 1. The lowest BCUT2D eigenvalue weighted by atomic mass is 10.1. The van der Waals surface area contributed by atoms with Crippen molar-refractivity contribution >= 4 is 11.6 Å². The van der Waals surface area contributed by atoms with Crippen molar-refractivity contribution in [3.63, 3.8) is 0 Å². The molecule has 0 fully saturated rings. The van der Waals surface area contributed by atoms with Crippen LogP contribution in [0.2, 0.25) is 0 Å². The van der Waals surface area contributed by atoms with E-state index >= 15 is 0 Å². The lowest BCUT2D eigenvalue weighted by Gasteiger charge is -2.08. The molecular formula is C13H13N3O. The van der Waals surface area contributed by atoms with Gasteiger partial charge in [0.1, 0.15) is 6.33 Å². The molecule has 0 unspecified atom stereocenters. The summed E-state index contributed by atoms with van der Waals surface area (Å²) < 4.78 is 0. The Hall–Kier alpha value is -2.23. The fourth-order valence-corrected chi connectivity index (χ4v) is 1.48. The Morgan fingerprint density at radius 3 is 2.59 bits per heavy atom. The predicted molar refractivity (Wildman–Crippen MR) is 65.9 cm³/mol. The minimum Gasteiger partial charge on any atom is -0.322 e. The number of nitrogens with zero attached hydrogens (tertiary/aromatic N) is 2. The number of aryl methyl sites for hydroxylation is 2. The highest BCUT2D eigenvalue weighted by Crippen LogP contribution is 2.17. The maximum atomic E-state index is 11.9. The van der Waals surface area contributed by atoms with Crippen LogP contribution in [0.15, 0.2) is 36.9 Å². The van der Waals surface area contributed by atoms with Gasteiger partial charge in [-0.15, -0.1) is 0 Å². The van der Waals surface area contributed by atoms with Gasteiger partial charge < -0.3 is 5.32 Å². The molecular weight excluding hydrogens is 214 g/mol. The molecule has 0 saturated carbocycles. The van der Waals surface area contributed by atoms with Gasteiger partial charge in [-0.3, -0.25) is 4.79 Å². The van der Waals surface area contributed by atoms with E-state index in [0.717, 1.165) is 16.8 Å². The van der Waals surface area contributed by atoms with Crippen LogP contribution in [-0.2, 0) is 0 Å².